The summed E-state index contributed by atoms with van der Waals surface area (Å²) in [6.45, 7) is 0.447. The maximum atomic E-state index is 11.6. The molecule has 1 unspecified atom stereocenters. The summed E-state index contributed by atoms with van der Waals surface area (Å²) in [5.74, 6) is -0.226. The van der Waals surface area contributed by atoms with Crippen molar-refractivity contribution in [2.45, 2.75) is 44.6 Å². The van der Waals surface area contributed by atoms with Gasteiger partial charge in [0.05, 0.1) is 6.26 Å². The zero-order valence-electron chi connectivity index (χ0n) is 9.48. The van der Waals surface area contributed by atoms with Crippen LogP contribution in [0.2, 0.25) is 0 Å². The minimum Gasteiger partial charge on any atom is -0.487 e. The molecule has 0 aromatic heterocycles. The van der Waals surface area contributed by atoms with Crippen molar-refractivity contribution in [3.05, 3.63) is 24.0 Å². The average molecular weight is 222 g/mol. The van der Waals surface area contributed by atoms with Gasteiger partial charge in [-0.1, -0.05) is 6.08 Å². The van der Waals surface area contributed by atoms with Crippen molar-refractivity contribution in [2.24, 2.45) is 0 Å². The molecule has 1 aliphatic carbocycles. The number of allylic oxidation sites excluding steroid dienone is 2. The molecule has 0 saturated carbocycles. The molecule has 0 aromatic carbocycles. The molecule has 0 bridgehead atoms. The predicted octanol–water partition coefficient (Wildman–Crippen LogP) is 2.72. The Bertz CT molecular complexity index is 304. The van der Waals surface area contributed by atoms with Gasteiger partial charge in [0, 0.05) is 0 Å². The molecule has 3 nitrogen and oxygen atoms in total. The highest BCUT2D eigenvalue weighted by Gasteiger charge is 2.22. The lowest BCUT2D eigenvalue weighted by Gasteiger charge is -2.19. The zero-order valence-corrected chi connectivity index (χ0v) is 9.48. The number of hydrogen-bond donors (Lipinski definition) is 0. The number of rotatable bonds is 3. The van der Waals surface area contributed by atoms with Crippen molar-refractivity contribution >= 4 is 5.97 Å². The third kappa shape index (κ3) is 3.12. The van der Waals surface area contributed by atoms with Crippen LogP contribution in [-0.2, 0) is 14.3 Å². The standard InChI is InChI=1S/C13H18O3/c14-13(12-8-4-5-9-15-12)16-10-11-6-2-1-3-7-11/h5-6,9,12H,1-4,7-8,10H2. The summed E-state index contributed by atoms with van der Waals surface area (Å²) in [4.78, 5) is 11.6. The van der Waals surface area contributed by atoms with E-state index in [9.17, 15) is 4.79 Å². The SMILES string of the molecule is O=C(OCC1=CCCCC1)C1CCC=CO1. The van der Waals surface area contributed by atoms with Crippen LogP contribution in [0, 0.1) is 0 Å². The summed E-state index contributed by atoms with van der Waals surface area (Å²) >= 11 is 0. The molecule has 0 N–H and O–H groups in total. The van der Waals surface area contributed by atoms with Crippen LogP contribution < -0.4 is 0 Å². The van der Waals surface area contributed by atoms with Crippen LogP contribution >= 0.6 is 0 Å². The highest BCUT2D eigenvalue weighted by atomic mass is 16.6. The normalized spacial score (nSPS) is 24.5. The Labute approximate surface area is 96.1 Å². The Morgan fingerprint density at radius 2 is 2.38 bits per heavy atom. The van der Waals surface area contributed by atoms with Gasteiger partial charge in [-0.3, -0.25) is 0 Å². The summed E-state index contributed by atoms with van der Waals surface area (Å²) in [7, 11) is 0. The summed E-state index contributed by atoms with van der Waals surface area (Å²) in [6.07, 6.45) is 11.6. The molecule has 88 valence electrons. The van der Waals surface area contributed by atoms with Crippen LogP contribution in [0.5, 0.6) is 0 Å². The van der Waals surface area contributed by atoms with Crippen LogP contribution in [0.25, 0.3) is 0 Å². The molecular weight excluding hydrogens is 204 g/mol. The van der Waals surface area contributed by atoms with Gasteiger partial charge < -0.3 is 9.47 Å². The Balaban J connectivity index is 1.74. The first kappa shape index (κ1) is 11.2. The molecular formula is C13H18O3. The Morgan fingerprint density at radius 1 is 1.44 bits per heavy atom. The molecule has 0 saturated heterocycles. The Kier molecular flexibility index (Phi) is 4.03. The first-order valence-electron chi connectivity index (χ1n) is 6.01. The smallest absolute Gasteiger partial charge is 0.347 e. The van der Waals surface area contributed by atoms with Crippen LogP contribution in [-0.4, -0.2) is 18.7 Å². The van der Waals surface area contributed by atoms with Gasteiger partial charge >= 0.3 is 5.97 Å². The predicted molar refractivity (Wildman–Crippen MR) is 60.8 cm³/mol. The second-order valence-corrected chi connectivity index (χ2v) is 4.29. The molecule has 1 heterocycles. The third-order valence-corrected chi connectivity index (χ3v) is 2.98. The Hall–Kier alpha value is -1.25. The number of carbonyl (C=O) groups is 1. The summed E-state index contributed by atoms with van der Waals surface area (Å²) in [5, 5.41) is 0. The van der Waals surface area contributed by atoms with E-state index in [1.165, 1.54) is 18.4 Å². The van der Waals surface area contributed by atoms with E-state index < -0.39 is 6.10 Å². The monoisotopic (exact) mass is 222 g/mol. The molecule has 0 radical (unpaired) electrons. The van der Waals surface area contributed by atoms with E-state index in [0.29, 0.717) is 6.61 Å². The van der Waals surface area contributed by atoms with Crippen LogP contribution in [0.4, 0.5) is 0 Å². The fraction of sp³-hybridized carbons (Fsp3) is 0.615. The molecule has 2 aliphatic rings. The minimum absolute atomic E-state index is 0.226. The molecule has 0 fully saturated rings. The Morgan fingerprint density at radius 3 is 3.06 bits per heavy atom. The van der Waals surface area contributed by atoms with Crippen LogP contribution in [0.1, 0.15) is 38.5 Å². The lowest BCUT2D eigenvalue weighted by Crippen LogP contribution is -2.27. The second kappa shape index (κ2) is 5.73. The largest absolute Gasteiger partial charge is 0.487 e. The molecule has 3 heteroatoms. The molecule has 1 aliphatic heterocycles. The fourth-order valence-corrected chi connectivity index (χ4v) is 2.00. The summed E-state index contributed by atoms with van der Waals surface area (Å²) in [5.41, 5.74) is 1.26. The number of esters is 1. The highest BCUT2D eigenvalue weighted by Crippen LogP contribution is 2.18. The maximum absolute atomic E-state index is 11.6. The lowest BCUT2D eigenvalue weighted by molar-refractivity contribution is -0.153. The van der Waals surface area contributed by atoms with Gasteiger partial charge in [-0.25, -0.2) is 4.79 Å². The van der Waals surface area contributed by atoms with E-state index in [1.807, 2.05) is 6.08 Å². The molecule has 0 amide bonds. The van der Waals surface area contributed by atoms with Gasteiger partial charge in [0.25, 0.3) is 0 Å². The first-order valence-corrected chi connectivity index (χ1v) is 6.01. The second-order valence-electron chi connectivity index (χ2n) is 4.29. The van der Waals surface area contributed by atoms with Crippen molar-refractivity contribution in [3.63, 3.8) is 0 Å². The average Bonchev–Trinajstić information content (AvgIpc) is 2.38. The van der Waals surface area contributed by atoms with Gasteiger partial charge in [-0.05, 0) is 50.2 Å². The van der Waals surface area contributed by atoms with E-state index in [4.69, 9.17) is 9.47 Å². The van der Waals surface area contributed by atoms with Crippen LogP contribution in [0.3, 0.4) is 0 Å². The third-order valence-electron chi connectivity index (χ3n) is 2.98. The van der Waals surface area contributed by atoms with Gasteiger partial charge in [0.15, 0.2) is 6.10 Å². The number of hydrogen-bond acceptors (Lipinski definition) is 3. The van der Waals surface area contributed by atoms with Crippen molar-refractivity contribution < 1.29 is 14.3 Å². The molecule has 0 spiro atoms. The highest BCUT2D eigenvalue weighted by molar-refractivity contribution is 5.75. The van der Waals surface area contributed by atoms with E-state index >= 15 is 0 Å². The van der Waals surface area contributed by atoms with Gasteiger partial charge in [0.1, 0.15) is 6.61 Å². The van der Waals surface area contributed by atoms with Crippen molar-refractivity contribution in [1.29, 1.82) is 0 Å². The molecule has 2 rings (SSSR count). The van der Waals surface area contributed by atoms with Gasteiger partial charge in [-0.15, -0.1) is 0 Å². The maximum Gasteiger partial charge on any atom is 0.347 e. The quantitative estimate of drug-likeness (QED) is 0.544. The number of carbonyl (C=O) groups excluding carboxylic acids is 1. The summed E-state index contributed by atoms with van der Waals surface area (Å²) < 4.78 is 10.5. The van der Waals surface area contributed by atoms with E-state index in [-0.39, 0.29) is 5.97 Å². The van der Waals surface area contributed by atoms with Crippen molar-refractivity contribution in [2.75, 3.05) is 6.61 Å². The lowest BCUT2D eigenvalue weighted by atomic mass is 10.0. The molecule has 0 aromatic rings. The van der Waals surface area contributed by atoms with Gasteiger partial charge in [-0.2, -0.15) is 0 Å². The number of ether oxygens (including phenoxy) is 2. The first-order chi connectivity index (χ1) is 7.86. The zero-order chi connectivity index (χ0) is 11.2. The van der Waals surface area contributed by atoms with Gasteiger partial charge in [0.2, 0.25) is 0 Å². The topological polar surface area (TPSA) is 35.5 Å². The molecule has 16 heavy (non-hydrogen) atoms. The molecule has 1 atom stereocenters. The van der Waals surface area contributed by atoms with Crippen molar-refractivity contribution in [1.82, 2.24) is 0 Å². The fourth-order valence-electron chi connectivity index (χ4n) is 2.00. The van der Waals surface area contributed by atoms with E-state index in [1.54, 1.807) is 6.26 Å². The van der Waals surface area contributed by atoms with Crippen molar-refractivity contribution in [3.8, 4) is 0 Å². The minimum atomic E-state index is -0.394. The van der Waals surface area contributed by atoms with Crippen LogP contribution in [0.15, 0.2) is 24.0 Å². The summed E-state index contributed by atoms with van der Waals surface area (Å²) in [6, 6.07) is 0. The van der Waals surface area contributed by atoms with E-state index in [2.05, 4.69) is 6.08 Å². The van der Waals surface area contributed by atoms with E-state index in [0.717, 1.165) is 25.7 Å².